The molecule has 0 aromatic carbocycles. The van der Waals surface area contributed by atoms with E-state index < -0.39 is 0 Å². The highest BCUT2D eigenvalue weighted by molar-refractivity contribution is 4.76. The highest BCUT2D eigenvalue weighted by atomic mass is 16.9. The second-order valence-electron chi connectivity index (χ2n) is 8.23. The van der Waals surface area contributed by atoms with Crippen LogP contribution in [0.2, 0.25) is 0 Å². The topological polar surface area (TPSA) is 62.2 Å². The molecule has 0 aromatic heterocycles. The van der Waals surface area contributed by atoms with Crippen molar-refractivity contribution in [2.24, 2.45) is 0 Å². The quantitative estimate of drug-likeness (QED) is 0.125. The zero-order valence-electron chi connectivity index (χ0n) is 19.9. The van der Waals surface area contributed by atoms with E-state index in [2.05, 4.69) is 6.92 Å². The molecule has 0 saturated heterocycles. The van der Waals surface area contributed by atoms with Crippen LogP contribution in [0.1, 0.15) is 122 Å². The van der Waals surface area contributed by atoms with Crippen LogP contribution in [0.5, 0.6) is 0 Å². The van der Waals surface area contributed by atoms with E-state index in [-0.39, 0.29) is 26.4 Å². The lowest BCUT2D eigenvalue weighted by Crippen LogP contribution is -2.22. The molecular formula is C25H51NO4. The van der Waals surface area contributed by atoms with Crippen LogP contribution in [0.25, 0.3) is 0 Å². The van der Waals surface area contributed by atoms with Gasteiger partial charge in [-0.15, -0.1) is 5.23 Å². The van der Waals surface area contributed by atoms with Gasteiger partial charge in [-0.1, -0.05) is 116 Å². The zero-order chi connectivity index (χ0) is 22.0. The highest BCUT2D eigenvalue weighted by Crippen LogP contribution is 2.14. The van der Waals surface area contributed by atoms with Gasteiger partial charge in [0.1, 0.15) is 13.2 Å². The van der Waals surface area contributed by atoms with Gasteiger partial charge in [-0.05, 0) is 12.8 Å². The third kappa shape index (κ3) is 23.7. The summed E-state index contributed by atoms with van der Waals surface area (Å²) in [6, 6.07) is 0. The second-order valence-corrected chi connectivity index (χ2v) is 8.23. The molecule has 0 aliphatic rings. The summed E-state index contributed by atoms with van der Waals surface area (Å²) in [6.45, 7) is 2.51. The first-order valence-electron chi connectivity index (χ1n) is 12.8. The van der Waals surface area contributed by atoms with Crippen LogP contribution in [-0.2, 0) is 9.68 Å². The lowest BCUT2D eigenvalue weighted by molar-refractivity contribution is -0.339. The largest absolute Gasteiger partial charge is 0.394 e. The van der Waals surface area contributed by atoms with E-state index in [1.807, 2.05) is 6.08 Å². The molecule has 0 spiro atoms. The van der Waals surface area contributed by atoms with Crippen LogP contribution in [0.15, 0.2) is 12.3 Å². The minimum Gasteiger partial charge on any atom is -0.394 e. The van der Waals surface area contributed by atoms with Gasteiger partial charge in [0.05, 0.1) is 19.4 Å². The number of unbranched alkanes of at least 4 members (excludes halogenated alkanes) is 17. The highest BCUT2D eigenvalue weighted by Gasteiger charge is 1.99. The van der Waals surface area contributed by atoms with Gasteiger partial charge in [0.15, 0.2) is 0 Å². The Kier molecular flexibility index (Phi) is 25.9. The summed E-state index contributed by atoms with van der Waals surface area (Å²) >= 11 is 0. The fourth-order valence-electron chi connectivity index (χ4n) is 3.53. The molecule has 180 valence electrons. The van der Waals surface area contributed by atoms with Crippen LogP contribution in [0.3, 0.4) is 0 Å². The zero-order valence-corrected chi connectivity index (χ0v) is 19.9. The van der Waals surface area contributed by atoms with Gasteiger partial charge in [0, 0.05) is 0 Å². The van der Waals surface area contributed by atoms with E-state index >= 15 is 0 Å². The summed E-state index contributed by atoms with van der Waals surface area (Å²) in [5.41, 5.74) is 0. The van der Waals surface area contributed by atoms with E-state index in [1.54, 1.807) is 6.20 Å². The minimum atomic E-state index is -0.0635. The summed E-state index contributed by atoms with van der Waals surface area (Å²) in [4.78, 5) is 10.4. The first kappa shape index (κ1) is 29.4. The smallest absolute Gasteiger partial charge is 0.101 e. The lowest BCUT2D eigenvalue weighted by Gasteiger charge is -2.17. The molecule has 5 heteroatoms. The molecule has 0 aromatic rings. The fourth-order valence-corrected chi connectivity index (χ4v) is 3.53. The number of hydroxylamine groups is 2. The van der Waals surface area contributed by atoms with Crippen molar-refractivity contribution in [1.82, 2.24) is 5.23 Å². The van der Waals surface area contributed by atoms with E-state index in [4.69, 9.17) is 19.9 Å². The van der Waals surface area contributed by atoms with E-state index in [0.29, 0.717) is 0 Å². The Morgan fingerprint density at radius 2 is 0.933 bits per heavy atom. The van der Waals surface area contributed by atoms with Gasteiger partial charge in [-0.3, -0.25) is 0 Å². The average molecular weight is 430 g/mol. The monoisotopic (exact) mass is 429 g/mol. The Hall–Kier alpha value is -0.620. The number of hydrogen-bond acceptors (Lipinski definition) is 5. The van der Waals surface area contributed by atoms with E-state index in [9.17, 15) is 0 Å². The van der Waals surface area contributed by atoms with Crippen molar-refractivity contribution in [2.45, 2.75) is 122 Å². The Morgan fingerprint density at radius 3 is 1.30 bits per heavy atom. The maximum Gasteiger partial charge on any atom is 0.101 e. The normalized spacial score (nSPS) is 11.6. The maximum absolute atomic E-state index is 8.79. The number of aliphatic hydroxyl groups excluding tert-OH is 2. The Labute approximate surface area is 186 Å². The molecule has 0 aliphatic carbocycles. The third-order valence-corrected chi connectivity index (χ3v) is 5.32. The summed E-state index contributed by atoms with van der Waals surface area (Å²) in [7, 11) is 0. The molecule has 0 radical (unpaired) electrons. The lowest BCUT2D eigenvalue weighted by atomic mass is 10.0. The number of aliphatic hydroxyl groups is 2. The third-order valence-electron chi connectivity index (χ3n) is 5.32. The average Bonchev–Trinajstić information content (AvgIpc) is 2.76. The predicted molar refractivity (Wildman–Crippen MR) is 126 cm³/mol. The second kappa shape index (κ2) is 26.4. The molecule has 0 heterocycles. The van der Waals surface area contributed by atoms with E-state index in [0.717, 1.165) is 6.42 Å². The molecule has 0 bridgehead atoms. The molecule has 0 saturated carbocycles. The van der Waals surface area contributed by atoms with Gasteiger partial charge in [-0.25, -0.2) is 9.68 Å². The van der Waals surface area contributed by atoms with Crippen molar-refractivity contribution in [3.05, 3.63) is 12.3 Å². The Bertz CT molecular complexity index is 331. The summed E-state index contributed by atoms with van der Waals surface area (Å²) in [6.07, 6.45) is 28.3. The van der Waals surface area contributed by atoms with Crippen molar-refractivity contribution < 1.29 is 19.9 Å². The predicted octanol–water partition coefficient (Wildman–Crippen LogP) is 6.69. The van der Waals surface area contributed by atoms with Crippen molar-refractivity contribution in [3.8, 4) is 0 Å². The summed E-state index contributed by atoms with van der Waals surface area (Å²) in [5.74, 6) is 0. The van der Waals surface area contributed by atoms with E-state index in [1.165, 1.54) is 114 Å². The summed E-state index contributed by atoms with van der Waals surface area (Å²) in [5, 5.41) is 18.8. The Morgan fingerprint density at radius 1 is 0.567 bits per heavy atom. The maximum atomic E-state index is 8.79. The molecule has 0 unspecified atom stereocenters. The number of rotatable bonds is 25. The fraction of sp³-hybridized carbons (Fsp3) is 0.920. The van der Waals surface area contributed by atoms with Gasteiger partial charge in [0.2, 0.25) is 0 Å². The van der Waals surface area contributed by atoms with Gasteiger partial charge >= 0.3 is 0 Å². The van der Waals surface area contributed by atoms with Crippen LogP contribution < -0.4 is 0 Å². The van der Waals surface area contributed by atoms with Crippen LogP contribution in [0.4, 0.5) is 0 Å². The minimum absolute atomic E-state index is 0.0635. The number of allylic oxidation sites excluding steroid dienone is 1. The van der Waals surface area contributed by atoms with Crippen molar-refractivity contribution >= 4 is 0 Å². The summed E-state index contributed by atoms with van der Waals surface area (Å²) < 4.78 is 0. The molecule has 30 heavy (non-hydrogen) atoms. The molecule has 0 fully saturated rings. The van der Waals surface area contributed by atoms with Crippen LogP contribution in [0, 0.1) is 0 Å². The Balaban J connectivity index is 3.29. The van der Waals surface area contributed by atoms with Crippen molar-refractivity contribution in [1.29, 1.82) is 0 Å². The SMILES string of the molecule is CCCCCCCCCCCCCCCCCCCC=CN(OCCO)OCCO. The number of hydrogen-bond donors (Lipinski definition) is 2. The first-order chi connectivity index (χ1) is 14.8. The standard InChI is InChI=1S/C25H51NO4/c1-2-3-4-5-6-7-8-9-10-11-12-13-14-15-16-17-18-19-20-21-26(29-24-22-27)30-25-23-28/h20-21,27-28H,2-19,22-25H2,1H3. The van der Waals surface area contributed by atoms with Gasteiger partial charge < -0.3 is 10.2 Å². The van der Waals surface area contributed by atoms with Crippen molar-refractivity contribution in [2.75, 3.05) is 26.4 Å². The molecule has 5 nitrogen and oxygen atoms in total. The molecule has 0 rings (SSSR count). The first-order valence-corrected chi connectivity index (χ1v) is 12.8. The van der Waals surface area contributed by atoms with Crippen LogP contribution >= 0.6 is 0 Å². The molecule has 0 amide bonds. The molecule has 2 N–H and O–H groups in total. The van der Waals surface area contributed by atoms with Crippen LogP contribution in [-0.4, -0.2) is 41.9 Å². The molecular weight excluding hydrogens is 378 g/mol. The van der Waals surface area contributed by atoms with Crippen molar-refractivity contribution in [3.63, 3.8) is 0 Å². The van der Waals surface area contributed by atoms with Gasteiger partial charge in [0.25, 0.3) is 0 Å². The molecule has 0 aliphatic heterocycles. The van der Waals surface area contributed by atoms with Gasteiger partial charge in [-0.2, -0.15) is 0 Å². The number of nitrogens with zero attached hydrogens (tertiary/aromatic N) is 1. The molecule has 0 atom stereocenters.